The first-order chi connectivity index (χ1) is 9.76. The van der Waals surface area contributed by atoms with Crippen molar-refractivity contribution in [3.8, 4) is 5.75 Å². The Balaban J connectivity index is 2.86. The van der Waals surface area contributed by atoms with Crippen molar-refractivity contribution in [3.63, 3.8) is 0 Å². The molecule has 0 amide bonds. The van der Waals surface area contributed by atoms with Crippen LogP contribution >= 0.6 is 15.9 Å². The van der Waals surface area contributed by atoms with Crippen molar-refractivity contribution in [1.29, 1.82) is 0 Å². The van der Waals surface area contributed by atoms with Gasteiger partial charge in [-0.05, 0) is 48.4 Å². The summed E-state index contributed by atoms with van der Waals surface area (Å²) >= 11 is 3.69. The van der Waals surface area contributed by atoms with Crippen molar-refractivity contribution in [1.82, 2.24) is 5.32 Å². The molecule has 2 atom stereocenters. The molecule has 0 fully saturated rings. The molecule has 0 aliphatic heterocycles. The van der Waals surface area contributed by atoms with Crippen LogP contribution in [0.15, 0.2) is 22.7 Å². The van der Waals surface area contributed by atoms with Gasteiger partial charge in [0, 0.05) is 10.5 Å². The van der Waals surface area contributed by atoms with E-state index in [1.54, 1.807) is 7.11 Å². The second-order valence-electron chi connectivity index (χ2n) is 7.10. The van der Waals surface area contributed by atoms with E-state index < -0.39 is 0 Å². The molecule has 3 heteroatoms. The van der Waals surface area contributed by atoms with Gasteiger partial charge in [0.2, 0.25) is 0 Å². The Hall–Kier alpha value is -0.540. The van der Waals surface area contributed by atoms with Crippen LogP contribution in [-0.2, 0) is 0 Å². The fourth-order valence-electron chi connectivity index (χ4n) is 3.02. The predicted octanol–water partition coefficient (Wildman–Crippen LogP) is 5.57. The number of halogens is 1. The Morgan fingerprint density at radius 3 is 2.43 bits per heavy atom. The minimum atomic E-state index is 0.382. The first kappa shape index (κ1) is 18.5. The molecule has 0 bridgehead atoms. The third kappa shape index (κ3) is 6.39. The van der Waals surface area contributed by atoms with Crippen LogP contribution in [0.5, 0.6) is 5.75 Å². The van der Waals surface area contributed by atoms with E-state index in [2.05, 4.69) is 61.9 Å². The third-order valence-electron chi connectivity index (χ3n) is 3.63. The molecule has 2 unspecified atom stereocenters. The lowest BCUT2D eigenvalue weighted by molar-refractivity contribution is 0.276. The fraction of sp³-hybridized carbons (Fsp3) is 0.667. The molecule has 0 spiro atoms. The van der Waals surface area contributed by atoms with Crippen LogP contribution in [0, 0.1) is 11.3 Å². The van der Waals surface area contributed by atoms with Gasteiger partial charge in [-0.15, -0.1) is 0 Å². The van der Waals surface area contributed by atoms with Crippen LogP contribution in [0.25, 0.3) is 0 Å². The molecule has 0 aliphatic rings. The summed E-state index contributed by atoms with van der Waals surface area (Å²) in [6, 6.07) is 6.64. The summed E-state index contributed by atoms with van der Waals surface area (Å²) in [5, 5.41) is 3.62. The van der Waals surface area contributed by atoms with E-state index >= 15 is 0 Å². The smallest absolute Gasteiger partial charge is 0.120 e. The summed E-state index contributed by atoms with van der Waals surface area (Å²) < 4.78 is 6.41. The van der Waals surface area contributed by atoms with Gasteiger partial charge in [-0.2, -0.15) is 0 Å². The molecule has 1 rings (SSSR count). The van der Waals surface area contributed by atoms with Gasteiger partial charge in [-0.1, -0.05) is 56.6 Å². The maximum atomic E-state index is 5.29. The first-order valence-electron chi connectivity index (χ1n) is 7.83. The Bertz CT molecular complexity index is 439. The van der Waals surface area contributed by atoms with Crippen molar-refractivity contribution in [2.24, 2.45) is 11.3 Å². The summed E-state index contributed by atoms with van der Waals surface area (Å²) in [5.41, 5.74) is 1.70. The molecule has 1 N–H and O–H groups in total. The largest absolute Gasteiger partial charge is 0.497 e. The molecule has 0 aromatic heterocycles. The zero-order valence-corrected chi connectivity index (χ0v) is 15.9. The van der Waals surface area contributed by atoms with Crippen LogP contribution in [0.3, 0.4) is 0 Å². The molecule has 0 saturated heterocycles. The molecule has 1 aromatic carbocycles. The van der Waals surface area contributed by atoms with E-state index in [0.29, 0.717) is 17.4 Å². The highest BCUT2D eigenvalue weighted by molar-refractivity contribution is 9.10. The van der Waals surface area contributed by atoms with E-state index in [1.165, 1.54) is 12.0 Å². The number of benzene rings is 1. The molecular weight excluding hydrogens is 326 g/mol. The Morgan fingerprint density at radius 2 is 1.95 bits per heavy atom. The second-order valence-corrected chi connectivity index (χ2v) is 7.96. The van der Waals surface area contributed by atoms with Gasteiger partial charge in [-0.25, -0.2) is 0 Å². The van der Waals surface area contributed by atoms with Gasteiger partial charge in [0.05, 0.1) is 7.11 Å². The molecule has 2 nitrogen and oxygen atoms in total. The van der Waals surface area contributed by atoms with Crippen LogP contribution in [0.1, 0.15) is 59.1 Å². The average molecular weight is 356 g/mol. The first-order valence-corrected chi connectivity index (χ1v) is 8.63. The maximum Gasteiger partial charge on any atom is 0.120 e. The van der Waals surface area contributed by atoms with E-state index in [-0.39, 0.29) is 0 Å². The van der Waals surface area contributed by atoms with Gasteiger partial charge in [0.15, 0.2) is 0 Å². The summed E-state index contributed by atoms with van der Waals surface area (Å²) in [7, 11) is 1.70. The van der Waals surface area contributed by atoms with Crippen molar-refractivity contribution >= 4 is 15.9 Å². The van der Waals surface area contributed by atoms with Crippen molar-refractivity contribution in [3.05, 3.63) is 28.2 Å². The van der Waals surface area contributed by atoms with Crippen LogP contribution in [-0.4, -0.2) is 13.7 Å². The third-order valence-corrected chi connectivity index (χ3v) is 4.32. The summed E-state index contributed by atoms with van der Waals surface area (Å²) in [5.74, 6) is 1.58. The molecule has 1 aromatic rings. The highest BCUT2D eigenvalue weighted by Crippen LogP contribution is 2.34. The van der Waals surface area contributed by atoms with Gasteiger partial charge < -0.3 is 10.1 Å². The standard InChI is InChI=1S/C18H30BrNO/c1-7-20-17(10-13(2)12-18(3,4)5)15-9-8-14(21-6)11-16(15)19/h8-9,11,13,17,20H,7,10,12H2,1-6H3. The monoisotopic (exact) mass is 355 g/mol. The quantitative estimate of drug-likeness (QED) is 0.689. The van der Waals surface area contributed by atoms with Gasteiger partial charge in [-0.3, -0.25) is 0 Å². The van der Waals surface area contributed by atoms with Crippen LogP contribution in [0.4, 0.5) is 0 Å². The number of hydrogen-bond acceptors (Lipinski definition) is 2. The van der Waals surface area contributed by atoms with Gasteiger partial charge >= 0.3 is 0 Å². The molecule has 0 radical (unpaired) electrons. The molecule has 21 heavy (non-hydrogen) atoms. The molecule has 0 aliphatic carbocycles. The zero-order chi connectivity index (χ0) is 16.0. The normalized spacial score (nSPS) is 14.8. The van der Waals surface area contributed by atoms with E-state index in [0.717, 1.165) is 23.2 Å². The minimum Gasteiger partial charge on any atom is -0.497 e. The molecule has 0 heterocycles. The number of methoxy groups -OCH3 is 1. The highest BCUT2D eigenvalue weighted by atomic mass is 79.9. The van der Waals surface area contributed by atoms with Crippen molar-refractivity contribution in [2.45, 2.75) is 53.5 Å². The second kappa shape index (κ2) is 8.19. The molecular formula is C18H30BrNO. The number of nitrogens with one attached hydrogen (secondary N) is 1. The number of ether oxygens (including phenoxy) is 1. The average Bonchev–Trinajstić information content (AvgIpc) is 2.35. The maximum absolute atomic E-state index is 5.29. The zero-order valence-electron chi connectivity index (χ0n) is 14.3. The van der Waals surface area contributed by atoms with Crippen molar-refractivity contribution in [2.75, 3.05) is 13.7 Å². The molecule has 0 saturated carbocycles. The van der Waals surface area contributed by atoms with Crippen molar-refractivity contribution < 1.29 is 4.74 Å². The highest BCUT2D eigenvalue weighted by Gasteiger charge is 2.21. The Morgan fingerprint density at radius 1 is 1.29 bits per heavy atom. The number of rotatable bonds is 7. The van der Waals surface area contributed by atoms with E-state index in [4.69, 9.17) is 4.74 Å². The van der Waals surface area contributed by atoms with Gasteiger partial charge in [0.1, 0.15) is 5.75 Å². The SMILES string of the molecule is CCNC(CC(C)CC(C)(C)C)c1ccc(OC)cc1Br. The Labute approximate surface area is 138 Å². The molecule has 120 valence electrons. The summed E-state index contributed by atoms with van der Waals surface area (Å²) in [4.78, 5) is 0. The fourth-order valence-corrected chi connectivity index (χ4v) is 3.65. The van der Waals surface area contributed by atoms with Crippen LogP contribution < -0.4 is 10.1 Å². The van der Waals surface area contributed by atoms with E-state index in [1.807, 2.05) is 12.1 Å². The van der Waals surface area contributed by atoms with Gasteiger partial charge in [0.25, 0.3) is 0 Å². The van der Waals surface area contributed by atoms with E-state index in [9.17, 15) is 0 Å². The lowest BCUT2D eigenvalue weighted by atomic mass is 9.82. The van der Waals surface area contributed by atoms with Crippen LogP contribution in [0.2, 0.25) is 0 Å². The topological polar surface area (TPSA) is 21.3 Å². The summed E-state index contributed by atoms with van der Waals surface area (Å²) in [6.07, 6.45) is 2.39. The number of hydrogen-bond donors (Lipinski definition) is 1. The minimum absolute atomic E-state index is 0.382. The lowest BCUT2D eigenvalue weighted by Gasteiger charge is -2.28. The Kier molecular flexibility index (Phi) is 7.22. The summed E-state index contributed by atoms with van der Waals surface area (Å²) in [6.45, 7) is 12.4. The predicted molar refractivity (Wildman–Crippen MR) is 95.0 cm³/mol. The lowest BCUT2D eigenvalue weighted by Crippen LogP contribution is -2.24.